The molecule has 0 amide bonds. The van der Waals surface area contributed by atoms with Gasteiger partial charge < -0.3 is 5.11 Å². The van der Waals surface area contributed by atoms with Crippen LogP contribution in [0.1, 0.15) is 6.92 Å². The van der Waals surface area contributed by atoms with Crippen LogP contribution in [0.25, 0.3) is 0 Å². The minimum absolute atomic E-state index is 0.867. The molecule has 0 aliphatic carbocycles. The van der Waals surface area contributed by atoms with E-state index in [0.29, 0.717) is 0 Å². The van der Waals surface area contributed by atoms with Crippen LogP contribution >= 0.6 is 0 Å². The number of aliphatic hydroxyl groups excluding tert-OH is 1. The Balaban J connectivity index is 4.09. The molecule has 0 saturated heterocycles. The van der Waals surface area contributed by atoms with Gasteiger partial charge in [0.1, 0.15) is 0 Å². The van der Waals surface area contributed by atoms with Crippen molar-refractivity contribution in [3.05, 3.63) is 0 Å². The number of hydrogen-bond donors (Lipinski definition) is 1. The lowest BCUT2D eigenvalue weighted by molar-refractivity contribution is -0.168. The molecule has 0 aromatic heterocycles. The van der Waals surface area contributed by atoms with Crippen molar-refractivity contribution in [2.24, 2.45) is 5.92 Å². The van der Waals surface area contributed by atoms with Crippen LogP contribution in [-0.2, 0) is 0 Å². The summed E-state index contributed by atoms with van der Waals surface area (Å²) < 4.78 is 46.8. The van der Waals surface area contributed by atoms with Crippen molar-refractivity contribution in [3.63, 3.8) is 0 Å². The number of halogens is 4. The molecule has 0 aliphatic rings. The summed E-state index contributed by atoms with van der Waals surface area (Å²) in [6.07, 6.45) is -3.70. The standard InChI is InChI=1S/C5H8F4O/c1-3(2-10)5(8,9)4(6)7/h3-4,10H,2H2,1H3/t3-/m0/s1. The molecule has 0 saturated carbocycles. The summed E-state index contributed by atoms with van der Waals surface area (Å²) in [6.45, 7) is -0.0660. The number of hydrogen-bond acceptors (Lipinski definition) is 1. The van der Waals surface area contributed by atoms with Gasteiger partial charge in [-0.3, -0.25) is 0 Å². The highest BCUT2D eigenvalue weighted by Crippen LogP contribution is 2.30. The van der Waals surface area contributed by atoms with Gasteiger partial charge in [0.2, 0.25) is 0 Å². The second-order valence-corrected chi connectivity index (χ2v) is 2.06. The summed E-state index contributed by atoms with van der Waals surface area (Å²) in [6, 6.07) is 0. The van der Waals surface area contributed by atoms with E-state index >= 15 is 0 Å². The van der Waals surface area contributed by atoms with E-state index in [1.807, 2.05) is 0 Å². The fourth-order valence-electron chi connectivity index (χ4n) is 0.337. The third-order valence-corrected chi connectivity index (χ3v) is 1.22. The highest BCUT2D eigenvalue weighted by Gasteiger charge is 2.45. The Morgan fingerprint density at radius 3 is 1.90 bits per heavy atom. The third-order valence-electron chi connectivity index (χ3n) is 1.22. The minimum Gasteiger partial charge on any atom is -0.396 e. The Morgan fingerprint density at radius 1 is 1.40 bits per heavy atom. The molecule has 0 radical (unpaired) electrons. The van der Waals surface area contributed by atoms with E-state index < -0.39 is 24.9 Å². The number of aliphatic hydroxyl groups is 1. The van der Waals surface area contributed by atoms with Crippen LogP contribution in [0, 0.1) is 5.92 Å². The first-order valence-electron chi connectivity index (χ1n) is 2.69. The number of rotatable bonds is 3. The van der Waals surface area contributed by atoms with Crippen LogP contribution in [0.2, 0.25) is 0 Å². The van der Waals surface area contributed by atoms with Gasteiger partial charge in [0.25, 0.3) is 0 Å². The average molecular weight is 160 g/mol. The molecule has 1 N–H and O–H groups in total. The van der Waals surface area contributed by atoms with Gasteiger partial charge in [-0.2, -0.15) is 8.78 Å². The van der Waals surface area contributed by atoms with Crippen molar-refractivity contribution >= 4 is 0 Å². The van der Waals surface area contributed by atoms with Crippen LogP contribution in [0.5, 0.6) is 0 Å². The van der Waals surface area contributed by atoms with Crippen molar-refractivity contribution in [1.82, 2.24) is 0 Å². The van der Waals surface area contributed by atoms with Crippen molar-refractivity contribution < 1.29 is 22.7 Å². The minimum atomic E-state index is -4.07. The van der Waals surface area contributed by atoms with Crippen molar-refractivity contribution in [1.29, 1.82) is 0 Å². The molecule has 0 unspecified atom stereocenters. The first-order valence-corrected chi connectivity index (χ1v) is 2.69. The molecule has 0 heterocycles. The normalized spacial score (nSPS) is 15.9. The van der Waals surface area contributed by atoms with Gasteiger partial charge >= 0.3 is 12.3 Å². The molecule has 1 atom stereocenters. The van der Waals surface area contributed by atoms with E-state index in [1.54, 1.807) is 0 Å². The molecule has 0 rings (SSSR count). The smallest absolute Gasteiger partial charge is 0.312 e. The molecule has 0 aliphatic heterocycles. The largest absolute Gasteiger partial charge is 0.396 e. The molecule has 1 nitrogen and oxygen atoms in total. The second-order valence-electron chi connectivity index (χ2n) is 2.06. The Bertz CT molecular complexity index is 104. The highest BCUT2D eigenvalue weighted by molar-refractivity contribution is 4.75. The van der Waals surface area contributed by atoms with Gasteiger partial charge in [-0.05, 0) is 0 Å². The molecule has 0 aromatic rings. The van der Waals surface area contributed by atoms with Gasteiger partial charge in [-0.25, -0.2) is 8.78 Å². The van der Waals surface area contributed by atoms with Gasteiger partial charge in [-0.15, -0.1) is 0 Å². The van der Waals surface area contributed by atoms with Crippen molar-refractivity contribution in [3.8, 4) is 0 Å². The summed E-state index contributed by atoms with van der Waals surface area (Å²) in [5, 5.41) is 8.11. The predicted molar refractivity (Wildman–Crippen MR) is 27.2 cm³/mol. The van der Waals surface area contributed by atoms with E-state index in [9.17, 15) is 17.6 Å². The zero-order valence-electron chi connectivity index (χ0n) is 5.32. The Kier molecular flexibility index (Phi) is 3.08. The first kappa shape index (κ1) is 9.68. The van der Waals surface area contributed by atoms with E-state index in [-0.39, 0.29) is 0 Å². The predicted octanol–water partition coefficient (Wildman–Crippen LogP) is 1.52. The van der Waals surface area contributed by atoms with Gasteiger partial charge in [-0.1, -0.05) is 6.92 Å². The average Bonchev–Trinajstić information content (AvgIpc) is 1.86. The number of alkyl halides is 4. The van der Waals surface area contributed by atoms with Crippen LogP contribution in [0.4, 0.5) is 17.6 Å². The highest BCUT2D eigenvalue weighted by atomic mass is 19.3. The molecular weight excluding hydrogens is 152 g/mol. The summed E-state index contributed by atoms with van der Waals surface area (Å²) in [5.41, 5.74) is 0. The molecule has 0 bridgehead atoms. The lowest BCUT2D eigenvalue weighted by Crippen LogP contribution is -2.36. The van der Waals surface area contributed by atoms with Crippen LogP contribution < -0.4 is 0 Å². The van der Waals surface area contributed by atoms with E-state index in [2.05, 4.69) is 0 Å². The summed E-state index contributed by atoms with van der Waals surface area (Å²) in [4.78, 5) is 0. The van der Waals surface area contributed by atoms with Crippen LogP contribution in [-0.4, -0.2) is 24.1 Å². The Morgan fingerprint density at radius 2 is 1.80 bits per heavy atom. The zero-order valence-corrected chi connectivity index (χ0v) is 5.32. The molecule has 0 spiro atoms. The van der Waals surface area contributed by atoms with Gasteiger partial charge in [0.05, 0.1) is 6.61 Å². The quantitative estimate of drug-likeness (QED) is 0.620. The van der Waals surface area contributed by atoms with Gasteiger partial charge in [0.15, 0.2) is 0 Å². The van der Waals surface area contributed by atoms with E-state index in [1.165, 1.54) is 0 Å². The first-order chi connectivity index (χ1) is 4.42. The zero-order chi connectivity index (χ0) is 8.36. The molecule has 5 heteroatoms. The Labute approximate surface area is 55.7 Å². The third kappa shape index (κ3) is 1.83. The monoisotopic (exact) mass is 160 g/mol. The van der Waals surface area contributed by atoms with Gasteiger partial charge in [0, 0.05) is 5.92 Å². The van der Waals surface area contributed by atoms with Crippen LogP contribution in [0.15, 0.2) is 0 Å². The SMILES string of the molecule is C[C@@H](CO)C(F)(F)C(F)F. The fourth-order valence-corrected chi connectivity index (χ4v) is 0.337. The van der Waals surface area contributed by atoms with Crippen molar-refractivity contribution in [2.75, 3.05) is 6.61 Å². The second kappa shape index (κ2) is 3.18. The van der Waals surface area contributed by atoms with Crippen LogP contribution in [0.3, 0.4) is 0 Å². The molecule has 10 heavy (non-hydrogen) atoms. The summed E-state index contributed by atoms with van der Waals surface area (Å²) in [5.74, 6) is -5.76. The molecule has 0 aromatic carbocycles. The lowest BCUT2D eigenvalue weighted by atomic mass is 10.1. The summed E-state index contributed by atoms with van der Waals surface area (Å²) >= 11 is 0. The van der Waals surface area contributed by atoms with E-state index in [4.69, 9.17) is 5.11 Å². The molecule has 0 fully saturated rings. The maximum Gasteiger partial charge on any atom is 0.312 e. The topological polar surface area (TPSA) is 20.2 Å². The fraction of sp³-hybridized carbons (Fsp3) is 1.00. The Hall–Kier alpha value is -0.320. The maximum atomic E-state index is 12.0. The van der Waals surface area contributed by atoms with Crippen molar-refractivity contribution in [2.45, 2.75) is 19.3 Å². The summed E-state index contributed by atoms with van der Waals surface area (Å²) in [7, 11) is 0. The molecular formula is C5H8F4O. The lowest BCUT2D eigenvalue weighted by Gasteiger charge is -2.20. The van der Waals surface area contributed by atoms with E-state index in [0.717, 1.165) is 6.92 Å². The molecule has 62 valence electrons. The maximum absolute atomic E-state index is 12.0.